The first-order valence-electron chi connectivity index (χ1n) is 10.1. The number of anilines is 1. The van der Waals surface area contributed by atoms with Gasteiger partial charge in [0.1, 0.15) is 6.54 Å². The monoisotopic (exact) mass is 422 g/mol. The molecule has 2 aliphatic rings. The van der Waals surface area contributed by atoms with Crippen molar-refractivity contribution in [2.45, 2.75) is 25.3 Å². The fourth-order valence-corrected chi connectivity index (χ4v) is 4.08. The highest BCUT2D eigenvalue weighted by atomic mass is 16.6. The molecular formula is C22H22N4O5. The normalized spacial score (nSPS) is 17.4. The summed E-state index contributed by atoms with van der Waals surface area (Å²) in [7, 11) is 0. The van der Waals surface area contributed by atoms with Crippen LogP contribution in [0.25, 0.3) is 0 Å². The summed E-state index contributed by atoms with van der Waals surface area (Å²) < 4.78 is 0. The molecule has 0 saturated carbocycles. The predicted octanol–water partition coefficient (Wildman–Crippen LogP) is 2.60. The number of benzene rings is 2. The first-order chi connectivity index (χ1) is 14.9. The van der Waals surface area contributed by atoms with Crippen molar-refractivity contribution in [2.75, 3.05) is 24.5 Å². The Bertz CT molecular complexity index is 1000. The minimum absolute atomic E-state index is 0.00797. The zero-order valence-electron chi connectivity index (χ0n) is 16.8. The highest BCUT2D eigenvalue weighted by molar-refractivity contribution is 6.19. The van der Waals surface area contributed by atoms with Crippen LogP contribution in [0.1, 0.15) is 18.4 Å². The number of hydrogen-bond donors (Lipinski definition) is 0. The fraction of sp³-hybridized carbons (Fsp3) is 0.318. The van der Waals surface area contributed by atoms with Gasteiger partial charge in [-0.25, -0.2) is 9.69 Å². The molecule has 160 valence electrons. The maximum absolute atomic E-state index is 12.9. The predicted molar refractivity (Wildman–Crippen MR) is 112 cm³/mol. The molecule has 0 atom stereocenters. The maximum atomic E-state index is 12.9. The number of piperidine rings is 1. The van der Waals surface area contributed by atoms with Crippen molar-refractivity contribution in [2.24, 2.45) is 0 Å². The van der Waals surface area contributed by atoms with Crippen LogP contribution in [0.4, 0.5) is 16.2 Å². The number of nitro benzene ring substituents is 1. The number of carbonyl (C=O) groups excluding carboxylic acids is 3. The van der Waals surface area contributed by atoms with Crippen molar-refractivity contribution in [1.29, 1.82) is 0 Å². The van der Waals surface area contributed by atoms with Crippen molar-refractivity contribution in [3.8, 4) is 0 Å². The van der Waals surface area contributed by atoms with Crippen molar-refractivity contribution in [1.82, 2.24) is 9.80 Å². The SMILES string of the molecule is O=C(Cc1ccc([N+](=O)[O-])cc1)N1CCC(N2CC(=O)N(c3ccccc3)C2=O)CC1. The first kappa shape index (κ1) is 20.5. The van der Waals surface area contributed by atoms with E-state index in [2.05, 4.69) is 0 Å². The second kappa shape index (κ2) is 8.55. The number of likely N-dealkylation sites (tertiary alicyclic amines) is 1. The van der Waals surface area contributed by atoms with E-state index in [9.17, 15) is 24.5 Å². The number of nitro groups is 1. The number of para-hydroxylation sites is 1. The van der Waals surface area contributed by atoms with Gasteiger partial charge in [-0.2, -0.15) is 0 Å². The molecule has 31 heavy (non-hydrogen) atoms. The van der Waals surface area contributed by atoms with Crippen LogP contribution in [-0.4, -0.2) is 58.2 Å². The molecule has 0 aliphatic carbocycles. The Morgan fingerprint density at radius 1 is 1.00 bits per heavy atom. The van der Waals surface area contributed by atoms with E-state index in [-0.39, 0.29) is 42.5 Å². The number of carbonyl (C=O) groups is 3. The molecule has 2 aliphatic heterocycles. The van der Waals surface area contributed by atoms with E-state index in [0.29, 0.717) is 31.6 Å². The molecular weight excluding hydrogens is 400 g/mol. The molecule has 0 aromatic heterocycles. The molecule has 2 saturated heterocycles. The van der Waals surface area contributed by atoms with Crippen LogP contribution < -0.4 is 4.90 Å². The van der Waals surface area contributed by atoms with Crippen molar-refractivity contribution in [3.63, 3.8) is 0 Å². The van der Waals surface area contributed by atoms with Gasteiger partial charge >= 0.3 is 6.03 Å². The molecule has 0 bridgehead atoms. The standard InChI is InChI=1S/C22H22N4O5/c27-20(14-16-6-8-19(9-7-16)26(30)31)23-12-10-17(11-13-23)24-15-21(28)25(22(24)29)18-4-2-1-3-5-18/h1-9,17H,10-15H2. The van der Waals surface area contributed by atoms with Crippen LogP contribution in [0.15, 0.2) is 54.6 Å². The van der Waals surface area contributed by atoms with E-state index >= 15 is 0 Å². The highest BCUT2D eigenvalue weighted by Crippen LogP contribution is 2.26. The Balaban J connectivity index is 1.33. The number of hydrogen-bond acceptors (Lipinski definition) is 5. The van der Waals surface area contributed by atoms with E-state index in [1.807, 2.05) is 6.07 Å². The lowest BCUT2D eigenvalue weighted by Crippen LogP contribution is -2.48. The molecule has 2 heterocycles. The van der Waals surface area contributed by atoms with E-state index in [4.69, 9.17) is 0 Å². The molecule has 2 aromatic rings. The number of nitrogens with zero attached hydrogens (tertiary/aromatic N) is 4. The Hall–Kier alpha value is -3.75. The molecule has 4 amide bonds. The van der Waals surface area contributed by atoms with Gasteiger partial charge in [0.2, 0.25) is 5.91 Å². The molecule has 9 heteroatoms. The Labute approximate surface area is 179 Å². The van der Waals surface area contributed by atoms with Crippen LogP contribution in [0.5, 0.6) is 0 Å². The Morgan fingerprint density at radius 2 is 1.65 bits per heavy atom. The zero-order valence-corrected chi connectivity index (χ0v) is 16.8. The van der Waals surface area contributed by atoms with Gasteiger partial charge in [0, 0.05) is 31.3 Å². The van der Waals surface area contributed by atoms with Crippen molar-refractivity contribution < 1.29 is 19.3 Å². The summed E-state index contributed by atoms with van der Waals surface area (Å²) in [4.78, 5) is 52.7. The molecule has 2 aromatic carbocycles. The lowest BCUT2D eigenvalue weighted by Gasteiger charge is -2.36. The van der Waals surface area contributed by atoms with Crippen molar-refractivity contribution in [3.05, 3.63) is 70.3 Å². The van der Waals surface area contributed by atoms with Gasteiger partial charge in [0.05, 0.1) is 17.0 Å². The Morgan fingerprint density at radius 3 is 2.26 bits per heavy atom. The van der Waals surface area contributed by atoms with Crippen LogP contribution >= 0.6 is 0 Å². The van der Waals surface area contributed by atoms with E-state index in [1.165, 1.54) is 17.0 Å². The molecule has 4 rings (SSSR count). The number of rotatable bonds is 5. The largest absolute Gasteiger partial charge is 0.342 e. The van der Waals surface area contributed by atoms with Gasteiger partial charge in [-0.1, -0.05) is 30.3 Å². The second-order valence-electron chi connectivity index (χ2n) is 7.69. The van der Waals surface area contributed by atoms with E-state index in [0.717, 1.165) is 5.56 Å². The summed E-state index contributed by atoms with van der Waals surface area (Å²) in [6.07, 6.45) is 1.38. The van der Waals surface area contributed by atoms with Gasteiger partial charge < -0.3 is 9.80 Å². The maximum Gasteiger partial charge on any atom is 0.332 e. The number of amides is 4. The molecule has 0 spiro atoms. The second-order valence-corrected chi connectivity index (χ2v) is 7.69. The quantitative estimate of drug-likeness (QED) is 0.419. The molecule has 2 fully saturated rings. The third-order valence-corrected chi connectivity index (χ3v) is 5.77. The van der Waals surface area contributed by atoms with Crippen LogP contribution in [0.3, 0.4) is 0 Å². The van der Waals surface area contributed by atoms with Gasteiger partial charge in [-0.15, -0.1) is 0 Å². The van der Waals surface area contributed by atoms with Crippen LogP contribution in [-0.2, 0) is 16.0 Å². The number of urea groups is 1. The summed E-state index contributed by atoms with van der Waals surface area (Å²) in [5.41, 5.74) is 1.28. The van der Waals surface area contributed by atoms with Gasteiger partial charge in [0.15, 0.2) is 0 Å². The summed E-state index contributed by atoms with van der Waals surface area (Å²) in [6, 6.07) is 14.4. The van der Waals surface area contributed by atoms with Crippen molar-refractivity contribution >= 4 is 29.2 Å². The van der Waals surface area contributed by atoms with E-state index < -0.39 is 4.92 Å². The third kappa shape index (κ3) is 4.25. The molecule has 0 N–H and O–H groups in total. The number of non-ortho nitro benzene ring substituents is 1. The summed E-state index contributed by atoms with van der Waals surface area (Å²) >= 11 is 0. The zero-order chi connectivity index (χ0) is 22.0. The third-order valence-electron chi connectivity index (χ3n) is 5.77. The Kier molecular flexibility index (Phi) is 5.66. The van der Waals surface area contributed by atoms with E-state index in [1.54, 1.807) is 46.2 Å². The molecule has 0 radical (unpaired) electrons. The molecule has 9 nitrogen and oxygen atoms in total. The minimum Gasteiger partial charge on any atom is -0.342 e. The lowest BCUT2D eigenvalue weighted by molar-refractivity contribution is -0.384. The van der Waals surface area contributed by atoms with Gasteiger partial charge in [-0.05, 0) is 30.5 Å². The minimum atomic E-state index is -0.473. The summed E-state index contributed by atoms with van der Waals surface area (Å²) in [5, 5.41) is 10.7. The average Bonchev–Trinajstić information content (AvgIpc) is 3.08. The first-order valence-corrected chi connectivity index (χ1v) is 10.1. The van der Waals surface area contributed by atoms with Crippen LogP contribution in [0.2, 0.25) is 0 Å². The fourth-order valence-electron chi connectivity index (χ4n) is 4.08. The van der Waals surface area contributed by atoms with Crippen LogP contribution in [0, 0.1) is 10.1 Å². The van der Waals surface area contributed by atoms with Gasteiger partial charge in [-0.3, -0.25) is 19.7 Å². The number of imide groups is 1. The molecule has 0 unspecified atom stereocenters. The lowest BCUT2D eigenvalue weighted by atomic mass is 10.0. The average molecular weight is 422 g/mol. The highest BCUT2D eigenvalue weighted by Gasteiger charge is 2.41. The topological polar surface area (TPSA) is 104 Å². The summed E-state index contributed by atoms with van der Waals surface area (Å²) in [6.45, 7) is 1.05. The van der Waals surface area contributed by atoms with Gasteiger partial charge in [0.25, 0.3) is 11.6 Å². The smallest absolute Gasteiger partial charge is 0.332 e. The summed E-state index contributed by atoms with van der Waals surface area (Å²) in [5.74, 6) is -0.296.